The molecule has 0 unspecified atom stereocenters. The van der Waals surface area contributed by atoms with Crippen LogP contribution < -0.4 is 25.0 Å². The van der Waals surface area contributed by atoms with Crippen LogP contribution in [0.15, 0.2) is 72.3 Å². The van der Waals surface area contributed by atoms with E-state index in [4.69, 9.17) is 21.1 Å². The lowest BCUT2D eigenvalue weighted by Gasteiger charge is -2.26. The van der Waals surface area contributed by atoms with Gasteiger partial charge in [-0.15, -0.1) is 0 Å². The van der Waals surface area contributed by atoms with Crippen LogP contribution in [-0.4, -0.2) is 37.0 Å². The van der Waals surface area contributed by atoms with Gasteiger partial charge in [0.2, 0.25) is 0 Å². The Hall–Kier alpha value is -3.90. The van der Waals surface area contributed by atoms with Crippen molar-refractivity contribution >= 4 is 75.4 Å². The summed E-state index contributed by atoms with van der Waals surface area (Å²) in [7, 11) is 0. The number of barbiturate groups is 1. The number of benzene rings is 3. The van der Waals surface area contributed by atoms with Gasteiger partial charge in [0.25, 0.3) is 17.7 Å². The van der Waals surface area contributed by atoms with Crippen LogP contribution in [0.5, 0.6) is 11.5 Å². The van der Waals surface area contributed by atoms with Crippen LogP contribution in [-0.2, 0) is 14.4 Å². The normalized spacial score (nSPS) is 14.3. The van der Waals surface area contributed by atoms with Crippen molar-refractivity contribution in [3.05, 3.63) is 86.5 Å². The molecular weight excluding hydrogens is 625 g/mol. The molecule has 0 aliphatic carbocycles. The van der Waals surface area contributed by atoms with E-state index in [2.05, 4.69) is 10.6 Å². The largest absolute Gasteiger partial charge is 0.490 e. The number of urea groups is 1. The molecule has 9 nitrogen and oxygen atoms in total. The van der Waals surface area contributed by atoms with Crippen molar-refractivity contribution in [3.8, 4) is 11.5 Å². The predicted molar refractivity (Wildman–Crippen MR) is 151 cm³/mol. The van der Waals surface area contributed by atoms with Crippen molar-refractivity contribution in [2.24, 2.45) is 0 Å². The van der Waals surface area contributed by atoms with E-state index in [1.165, 1.54) is 6.08 Å². The Morgan fingerprint density at radius 3 is 2.45 bits per heavy atom. The standard InChI is InChI=1S/C27H21ClIN3O6/c1-2-37-22-14-16(12-20-25(34)31-27(36)32(26(20)35)19-6-4-3-5-7-19)13-21(29)24(22)38-15-23(33)30-18-10-8-17(28)9-11-18/h3-14H,2,15H2,1H3,(H,30,33)(H,31,34,36)/b20-12+. The summed E-state index contributed by atoms with van der Waals surface area (Å²) < 4.78 is 12.1. The minimum absolute atomic E-state index is 0.220. The number of amides is 5. The Morgan fingerprint density at radius 2 is 1.76 bits per heavy atom. The number of nitrogens with zero attached hydrogens (tertiary/aromatic N) is 1. The van der Waals surface area contributed by atoms with Crippen LogP contribution >= 0.6 is 34.2 Å². The van der Waals surface area contributed by atoms with E-state index >= 15 is 0 Å². The zero-order valence-corrected chi connectivity index (χ0v) is 22.9. The highest BCUT2D eigenvalue weighted by Gasteiger charge is 2.36. The summed E-state index contributed by atoms with van der Waals surface area (Å²) in [6.45, 7) is 1.81. The van der Waals surface area contributed by atoms with Crippen molar-refractivity contribution in [3.63, 3.8) is 0 Å². The van der Waals surface area contributed by atoms with Crippen LogP contribution in [0, 0.1) is 3.57 Å². The van der Waals surface area contributed by atoms with E-state index in [0.29, 0.717) is 43.6 Å². The van der Waals surface area contributed by atoms with Gasteiger partial charge in [-0.3, -0.25) is 19.7 Å². The summed E-state index contributed by atoms with van der Waals surface area (Å²) in [5, 5.41) is 5.47. The molecule has 5 amide bonds. The molecule has 1 saturated heterocycles. The second-order valence-corrected chi connectivity index (χ2v) is 9.50. The molecule has 194 valence electrons. The highest BCUT2D eigenvalue weighted by molar-refractivity contribution is 14.1. The first kappa shape index (κ1) is 27.1. The molecule has 38 heavy (non-hydrogen) atoms. The van der Waals surface area contributed by atoms with E-state index in [-0.39, 0.29) is 18.1 Å². The maximum absolute atomic E-state index is 13.1. The number of carbonyl (C=O) groups is 4. The first-order valence-electron chi connectivity index (χ1n) is 11.4. The first-order valence-corrected chi connectivity index (χ1v) is 12.8. The number of nitrogens with one attached hydrogen (secondary N) is 2. The molecule has 4 rings (SSSR count). The summed E-state index contributed by atoms with van der Waals surface area (Å²) in [4.78, 5) is 51.3. The van der Waals surface area contributed by atoms with E-state index in [0.717, 1.165) is 4.90 Å². The molecule has 3 aromatic carbocycles. The summed E-state index contributed by atoms with van der Waals surface area (Å²) in [5.41, 5.74) is 1.15. The third-order valence-electron chi connectivity index (χ3n) is 5.23. The van der Waals surface area contributed by atoms with Crippen LogP contribution in [0.4, 0.5) is 16.2 Å². The smallest absolute Gasteiger partial charge is 0.335 e. The molecule has 0 atom stereocenters. The maximum atomic E-state index is 13.1. The zero-order chi connectivity index (χ0) is 27.2. The minimum Gasteiger partial charge on any atom is -0.490 e. The number of ether oxygens (including phenoxy) is 2. The van der Waals surface area contributed by atoms with Crippen molar-refractivity contribution in [1.82, 2.24) is 5.32 Å². The van der Waals surface area contributed by atoms with E-state index in [1.54, 1.807) is 73.7 Å². The lowest BCUT2D eigenvalue weighted by atomic mass is 10.1. The topological polar surface area (TPSA) is 114 Å². The molecule has 2 N–H and O–H groups in total. The monoisotopic (exact) mass is 645 g/mol. The van der Waals surface area contributed by atoms with Crippen molar-refractivity contribution in [2.45, 2.75) is 6.92 Å². The summed E-state index contributed by atoms with van der Waals surface area (Å²) in [6.07, 6.45) is 1.38. The Labute approximate surface area is 236 Å². The molecule has 0 aromatic heterocycles. The number of anilines is 2. The lowest BCUT2D eigenvalue weighted by Crippen LogP contribution is -2.54. The summed E-state index contributed by atoms with van der Waals surface area (Å²) >= 11 is 7.89. The Bertz CT molecular complexity index is 1430. The highest BCUT2D eigenvalue weighted by Crippen LogP contribution is 2.35. The predicted octanol–water partition coefficient (Wildman–Crippen LogP) is 5.03. The minimum atomic E-state index is -0.825. The molecule has 0 saturated carbocycles. The van der Waals surface area contributed by atoms with Gasteiger partial charge >= 0.3 is 6.03 Å². The molecule has 0 radical (unpaired) electrons. The van der Waals surface area contributed by atoms with Gasteiger partial charge < -0.3 is 14.8 Å². The van der Waals surface area contributed by atoms with Gasteiger partial charge in [0.1, 0.15) is 5.57 Å². The second-order valence-electron chi connectivity index (χ2n) is 7.90. The number of hydrogen-bond acceptors (Lipinski definition) is 6. The second kappa shape index (κ2) is 12.1. The van der Waals surface area contributed by atoms with Crippen LogP contribution in [0.3, 0.4) is 0 Å². The van der Waals surface area contributed by atoms with Gasteiger partial charge in [0, 0.05) is 10.7 Å². The zero-order valence-electron chi connectivity index (χ0n) is 20.0. The van der Waals surface area contributed by atoms with Crippen LogP contribution in [0.2, 0.25) is 5.02 Å². The molecule has 1 fully saturated rings. The van der Waals surface area contributed by atoms with Crippen molar-refractivity contribution < 1.29 is 28.7 Å². The number of carbonyl (C=O) groups excluding carboxylic acids is 4. The molecule has 0 bridgehead atoms. The number of halogens is 2. The molecule has 1 aliphatic rings. The van der Waals surface area contributed by atoms with Crippen LogP contribution in [0.25, 0.3) is 6.08 Å². The van der Waals surface area contributed by atoms with Gasteiger partial charge in [0.05, 0.1) is 15.9 Å². The molecular formula is C27H21ClIN3O6. The third-order valence-corrected chi connectivity index (χ3v) is 6.29. The number of para-hydroxylation sites is 1. The number of rotatable bonds is 8. The molecule has 1 heterocycles. The average Bonchev–Trinajstić information content (AvgIpc) is 2.88. The molecule has 0 spiro atoms. The SMILES string of the molecule is CCOc1cc(/C=C2\C(=O)NC(=O)N(c3ccccc3)C2=O)cc(I)c1OCC(=O)Nc1ccc(Cl)cc1. The maximum Gasteiger partial charge on any atom is 0.335 e. The number of imide groups is 2. The average molecular weight is 646 g/mol. The first-order chi connectivity index (χ1) is 18.3. The van der Waals surface area contributed by atoms with Gasteiger partial charge in [-0.25, -0.2) is 9.69 Å². The Kier molecular flexibility index (Phi) is 8.64. The fraction of sp³-hybridized carbons (Fsp3) is 0.111. The van der Waals surface area contributed by atoms with Gasteiger partial charge in [-0.2, -0.15) is 0 Å². The third kappa shape index (κ3) is 6.32. The fourth-order valence-corrected chi connectivity index (χ4v) is 4.49. The number of hydrogen-bond donors (Lipinski definition) is 2. The molecule has 1 aliphatic heterocycles. The Balaban J connectivity index is 1.57. The highest BCUT2D eigenvalue weighted by atomic mass is 127. The Morgan fingerprint density at radius 1 is 1.05 bits per heavy atom. The lowest BCUT2D eigenvalue weighted by molar-refractivity contribution is -0.122. The quantitative estimate of drug-likeness (QED) is 0.202. The van der Waals surface area contributed by atoms with E-state index in [9.17, 15) is 19.2 Å². The molecule has 3 aromatic rings. The molecule has 11 heteroatoms. The fourth-order valence-electron chi connectivity index (χ4n) is 3.58. The van der Waals surface area contributed by atoms with Gasteiger partial charge in [-0.1, -0.05) is 29.8 Å². The van der Waals surface area contributed by atoms with Crippen molar-refractivity contribution in [1.29, 1.82) is 0 Å². The summed E-state index contributed by atoms with van der Waals surface area (Å²) in [6, 6.07) is 17.4. The van der Waals surface area contributed by atoms with Crippen LogP contribution in [0.1, 0.15) is 12.5 Å². The summed E-state index contributed by atoms with van der Waals surface area (Å²) in [5.74, 6) is -1.28. The van der Waals surface area contributed by atoms with Gasteiger partial charge in [-0.05, 0) is 89.7 Å². The van der Waals surface area contributed by atoms with Crippen molar-refractivity contribution in [2.75, 3.05) is 23.4 Å². The van der Waals surface area contributed by atoms with E-state index < -0.39 is 17.8 Å². The van der Waals surface area contributed by atoms with Gasteiger partial charge in [0.15, 0.2) is 18.1 Å². The van der Waals surface area contributed by atoms with E-state index in [1.807, 2.05) is 22.6 Å².